The average molecular weight is 540 g/mol. The highest BCUT2D eigenvalue weighted by molar-refractivity contribution is 8.00. The van der Waals surface area contributed by atoms with Crippen LogP contribution in [0.3, 0.4) is 0 Å². The van der Waals surface area contributed by atoms with Crippen LogP contribution in [0.5, 0.6) is 0 Å². The molecule has 0 unspecified atom stereocenters. The largest absolute Gasteiger partial charge is 0.378 e. The minimum Gasteiger partial charge on any atom is -0.378 e. The number of aromatic nitrogens is 1. The molecule has 0 bridgehead atoms. The molecule has 2 saturated heterocycles. The number of morpholine rings is 1. The van der Waals surface area contributed by atoms with Crippen LogP contribution < -0.4 is 9.77 Å². The lowest BCUT2D eigenvalue weighted by atomic mass is 9.83. The second kappa shape index (κ2) is 9.55. The van der Waals surface area contributed by atoms with Gasteiger partial charge in [-0.05, 0) is 29.8 Å². The van der Waals surface area contributed by atoms with Gasteiger partial charge < -0.3 is 9.64 Å². The van der Waals surface area contributed by atoms with E-state index in [1.807, 2.05) is 0 Å². The molecule has 0 N–H and O–H groups in total. The van der Waals surface area contributed by atoms with Crippen molar-refractivity contribution in [1.29, 1.82) is 0 Å². The summed E-state index contributed by atoms with van der Waals surface area (Å²) in [5, 5.41) is -0.266. The number of nitrogens with zero attached hydrogens (tertiary/aromatic N) is 3. The van der Waals surface area contributed by atoms with Crippen molar-refractivity contribution in [2.75, 3.05) is 31.2 Å². The van der Waals surface area contributed by atoms with E-state index in [1.165, 1.54) is 33.4 Å². The van der Waals surface area contributed by atoms with Crippen LogP contribution in [-0.2, 0) is 25.7 Å². The molecule has 0 saturated carbocycles. The van der Waals surface area contributed by atoms with Gasteiger partial charge in [-0.2, -0.15) is 0 Å². The summed E-state index contributed by atoms with van der Waals surface area (Å²) in [5.41, 5.74) is 1.12. The maximum atomic E-state index is 13.8. The van der Waals surface area contributed by atoms with Crippen LogP contribution in [0.4, 0.5) is 10.1 Å². The molecule has 2 aromatic carbocycles. The predicted octanol–water partition coefficient (Wildman–Crippen LogP) is 2.70. The molecule has 3 aromatic rings. The van der Waals surface area contributed by atoms with Crippen molar-refractivity contribution in [3.05, 3.63) is 80.5 Å². The monoisotopic (exact) mass is 539 g/mol. The molecule has 1 aromatic heterocycles. The molecular formula is C26H22FN3O5S2. The maximum Gasteiger partial charge on any atom is 0.308 e. The van der Waals surface area contributed by atoms with Crippen molar-refractivity contribution >= 4 is 46.5 Å². The summed E-state index contributed by atoms with van der Waals surface area (Å²) >= 11 is 2.14. The van der Waals surface area contributed by atoms with E-state index >= 15 is 0 Å². The van der Waals surface area contributed by atoms with E-state index in [0.29, 0.717) is 47.5 Å². The topological polar surface area (TPSA) is 88.9 Å². The van der Waals surface area contributed by atoms with Crippen molar-refractivity contribution < 1.29 is 23.5 Å². The summed E-state index contributed by atoms with van der Waals surface area (Å²) in [4.78, 5) is 56.7. The van der Waals surface area contributed by atoms with Gasteiger partial charge in [0.1, 0.15) is 17.6 Å². The van der Waals surface area contributed by atoms with Gasteiger partial charge in [-0.25, -0.2) is 9.29 Å². The van der Waals surface area contributed by atoms with Crippen LogP contribution in [0.25, 0.3) is 0 Å². The Morgan fingerprint density at radius 3 is 2.38 bits per heavy atom. The number of hydrogen-bond acceptors (Lipinski definition) is 7. The van der Waals surface area contributed by atoms with E-state index in [9.17, 15) is 23.6 Å². The molecular weight excluding hydrogens is 517 g/mol. The molecule has 37 heavy (non-hydrogen) atoms. The van der Waals surface area contributed by atoms with Crippen LogP contribution in [0.1, 0.15) is 16.4 Å². The zero-order valence-corrected chi connectivity index (χ0v) is 21.2. The number of rotatable bonds is 4. The third-order valence-corrected chi connectivity index (χ3v) is 9.55. The number of thiazole rings is 1. The van der Waals surface area contributed by atoms with E-state index in [2.05, 4.69) is 0 Å². The lowest BCUT2D eigenvalue weighted by Gasteiger charge is -2.31. The number of imide groups is 1. The molecule has 3 amide bonds. The van der Waals surface area contributed by atoms with E-state index in [0.717, 1.165) is 11.3 Å². The van der Waals surface area contributed by atoms with Crippen LogP contribution in [0.2, 0.25) is 0 Å². The molecule has 3 atom stereocenters. The van der Waals surface area contributed by atoms with Gasteiger partial charge >= 0.3 is 4.87 Å². The molecule has 0 aliphatic carbocycles. The van der Waals surface area contributed by atoms with E-state index in [-0.39, 0.29) is 29.1 Å². The second-order valence-corrected chi connectivity index (χ2v) is 11.2. The second-order valence-electron chi connectivity index (χ2n) is 9.06. The number of halogens is 1. The fourth-order valence-electron chi connectivity index (χ4n) is 5.16. The first-order valence-corrected chi connectivity index (χ1v) is 13.6. The third kappa shape index (κ3) is 4.11. The van der Waals surface area contributed by atoms with Crippen molar-refractivity contribution in [3.63, 3.8) is 0 Å². The summed E-state index contributed by atoms with van der Waals surface area (Å²) in [7, 11) is 0. The predicted molar refractivity (Wildman–Crippen MR) is 136 cm³/mol. The highest BCUT2D eigenvalue weighted by Gasteiger charge is 2.56. The summed E-state index contributed by atoms with van der Waals surface area (Å²) in [6, 6.07) is 14.5. The van der Waals surface area contributed by atoms with Gasteiger partial charge in [0.15, 0.2) is 0 Å². The first-order chi connectivity index (χ1) is 17.9. The Morgan fingerprint density at radius 1 is 0.973 bits per heavy atom. The maximum absolute atomic E-state index is 13.8. The summed E-state index contributed by atoms with van der Waals surface area (Å²) in [5.74, 6) is -2.74. The minimum atomic E-state index is -0.783. The number of carbonyl (C=O) groups excluding carboxylic acids is 3. The number of thioether (sulfide) groups is 1. The molecule has 2 fully saturated rings. The molecule has 8 nitrogen and oxygen atoms in total. The van der Waals surface area contributed by atoms with Crippen molar-refractivity contribution in [3.8, 4) is 0 Å². The van der Waals surface area contributed by atoms with Gasteiger partial charge in [0.25, 0.3) is 0 Å². The van der Waals surface area contributed by atoms with Gasteiger partial charge in [0.2, 0.25) is 17.7 Å². The van der Waals surface area contributed by atoms with Gasteiger partial charge in [0.05, 0.1) is 29.8 Å². The summed E-state index contributed by atoms with van der Waals surface area (Å²) in [6.07, 6.45) is 0. The van der Waals surface area contributed by atoms with Gasteiger partial charge in [0, 0.05) is 23.9 Å². The zero-order valence-electron chi connectivity index (χ0n) is 19.5. The van der Waals surface area contributed by atoms with Crippen LogP contribution >= 0.6 is 23.1 Å². The first-order valence-electron chi connectivity index (χ1n) is 11.9. The SMILES string of the molecule is O=C(Cn1c2c(sc1=O)[C@@H](c1ccc(F)cc1)[C@@H]1C(=O)N(c3ccccc3)C(=O)[C@@H]1S2)N1CCOCC1. The van der Waals surface area contributed by atoms with Crippen molar-refractivity contribution in [2.24, 2.45) is 5.92 Å². The highest BCUT2D eigenvalue weighted by atomic mass is 32.2. The Balaban J connectivity index is 1.44. The lowest BCUT2D eigenvalue weighted by Crippen LogP contribution is -2.43. The van der Waals surface area contributed by atoms with Crippen LogP contribution in [-0.4, -0.2) is 58.7 Å². The molecule has 3 aliphatic heterocycles. The molecule has 11 heteroatoms. The average Bonchev–Trinajstić information content (AvgIpc) is 3.36. The van der Waals surface area contributed by atoms with Gasteiger partial charge in [-0.15, -0.1) is 0 Å². The highest BCUT2D eigenvalue weighted by Crippen LogP contribution is 2.53. The molecule has 3 aliphatic rings. The van der Waals surface area contributed by atoms with E-state index < -0.39 is 22.9 Å². The minimum absolute atomic E-state index is 0.157. The number of amides is 3. The molecule has 6 rings (SSSR count). The lowest BCUT2D eigenvalue weighted by molar-refractivity contribution is -0.136. The number of ether oxygens (including phenoxy) is 1. The number of carbonyl (C=O) groups is 3. The van der Waals surface area contributed by atoms with Crippen molar-refractivity contribution in [2.45, 2.75) is 22.7 Å². The van der Waals surface area contributed by atoms with Crippen molar-refractivity contribution in [1.82, 2.24) is 9.47 Å². The number of para-hydroxylation sites is 1. The van der Waals surface area contributed by atoms with Gasteiger partial charge in [-0.1, -0.05) is 53.4 Å². The van der Waals surface area contributed by atoms with E-state index in [1.54, 1.807) is 47.4 Å². The van der Waals surface area contributed by atoms with Crippen LogP contribution in [0, 0.1) is 11.7 Å². The first kappa shape index (κ1) is 24.1. The summed E-state index contributed by atoms with van der Waals surface area (Å²) < 4.78 is 20.5. The number of benzene rings is 2. The number of anilines is 1. The smallest absolute Gasteiger partial charge is 0.308 e. The normalized spacial score (nSPS) is 23.2. The molecule has 190 valence electrons. The fourth-order valence-corrected chi connectivity index (χ4v) is 7.94. The number of fused-ring (bicyclic) bond motifs is 2. The Bertz CT molecular complexity index is 1430. The fraction of sp³-hybridized carbons (Fsp3) is 0.308. The Kier molecular flexibility index (Phi) is 6.21. The molecule has 0 radical (unpaired) electrons. The quantitative estimate of drug-likeness (QED) is 0.474. The Morgan fingerprint density at radius 2 is 1.68 bits per heavy atom. The Hall–Kier alpha value is -3.28. The van der Waals surface area contributed by atoms with E-state index in [4.69, 9.17) is 4.74 Å². The number of hydrogen-bond donors (Lipinski definition) is 0. The molecule has 0 spiro atoms. The van der Waals surface area contributed by atoms with Gasteiger partial charge in [-0.3, -0.25) is 23.7 Å². The third-order valence-electron chi connectivity index (χ3n) is 6.95. The zero-order chi connectivity index (χ0) is 25.7. The standard InChI is InChI=1S/C26H22FN3O5S2/c27-16-8-6-15(7-9-16)19-20-21(24(33)30(23(20)32)17-4-2-1-3-5-17)36-25-22(19)37-26(34)29(25)14-18(31)28-10-12-35-13-11-28/h1-9,19-21H,10-14H2/t19-,20-,21+/m0/s1. The molecule has 4 heterocycles. The Labute approximate surface area is 219 Å². The van der Waals surface area contributed by atoms with Crippen LogP contribution in [0.15, 0.2) is 64.4 Å². The summed E-state index contributed by atoms with van der Waals surface area (Å²) in [6.45, 7) is 1.64.